The summed E-state index contributed by atoms with van der Waals surface area (Å²) in [7, 11) is 1.45. The fourth-order valence-electron chi connectivity index (χ4n) is 3.91. The molecule has 2 aromatic rings. The summed E-state index contributed by atoms with van der Waals surface area (Å²) in [6.07, 6.45) is -0.404. The molecular formula is C23H30FNO7S. The van der Waals surface area contributed by atoms with Gasteiger partial charge >= 0.3 is 0 Å². The standard InChI is InChI=1S/C23H30FNO7S/c1-29-21-10-16(11-22(30-2)23(21)31-3)12-25(18-8-9-33(27,28)15-18)13-19(26)14-32-20-6-4-17(24)5-7-20/h4-7,10-11,18-19,26H,8-9,12-15H2,1-3H3. The van der Waals surface area contributed by atoms with Crippen molar-refractivity contribution in [3.05, 3.63) is 47.8 Å². The van der Waals surface area contributed by atoms with Crippen molar-refractivity contribution in [2.24, 2.45) is 0 Å². The second kappa shape index (κ2) is 11.0. The molecule has 2 aromatic carbocycles. The third kappa shape index (κ3) is 6.72. The van der Waals surface area contributed by atoms with E-state index in [1.807, 2.05) is 4.90 Å². The van der Waals surface area contributed by atoms with Crippen LogP contribution < -0.4 is 18.9 Å². The van der Waals surface area contributed by atoms with Crippen LogP contribution in [0.4, 0.5) is 4.39 Å². The fraction of sp³-hybridized carbons (Fsp3) is 0.478. The number of hydrogen-bond donors (Lipinski definition) is 1. The molecule has 1 aliphatic heterocycles. The number of benzene rings is 2. The van der Waals surface area contributed by atoms with Crippen LogP contribution >= 0.6 is 0 Å². The minimum Gasteiger partial charge on any atom is -0.493 e. The number of rotatable bonds is 11. The van der Waals surface area contributed by atoms with Gasteiger partial charge in [-0.05, 0) is 48.4 Å². The molecule has 3 rings (SSSR count). The highest BCUT2D eigenvalue weighted by Gasteiger charge is 2.33. The molecule has 182 valence electrons. The van der Waals surface area contributed by atoms with Gasteiger partial charge in [0.15, 0.2) is 21.3 Å². The fourth-order valence-corrected chi connectivity index (χ4v) is 5.68. The summed E-state index contributed by atoms with van der Waals surface area (Å²) in [5.41, 5.74) is 0.820. The number of hydrogen-bond acceptors (Lipinski definition) is 8. The number of aliphatic hydroxyl groups is 1. The first-order chi connectivity index (χ1) is 15.7. The first-order valence-electron chi connectivity index (χ1n) is 10.5. The van der Waals surface area contributed by atoms with E-state index in [4.69, 9.17) is 18.9 Å². The Kier molecular flexibility index (Phi) is 8.39. The lowest BCUT2D eigenvalue weighted by Crippen LogP contribution is -2.42. The lowest BCUT2D eigenvalue weighted by atomic mass is 10.1. The maximum atomic E-state index is 13.1. The van der Waals surface area contributed by atoms with E-state index in [9.17, 15) is 17.9 Å². The van der Waals surface area contributed by atoms with Crippen LogP contribution in [0.2, 0.25) is 0 Å². The third-order valence-corrected chi connectivity index (χ3v) is 7.29. The van der Waals surface area contributed by atoms with Crippen LogP contribution in [0.5, 0.6) is 23.0 Å². The molecule has 1 saturated heterocycles. The molecule has 0 radical (unpaired) electrons. The van der Waals surface area contributed by atoms with Crippen molar-refractivity contribution in [2.75, 3.05) is 46.0 Å². The molecule has 33 heavy (non-hydrogen) atoms. The van der Waals surface area contributed by atoms with Crippen molar-refractivity contribution in [3.8, 4) is 23.0 Å². The van der Waals surface area contributed by atoms with Crippen molar-refractivity contribution >= 4 is 9.84 Å². The highest BCUT2D eigenvalue weighted by atomic mass is 32.2. The molecule has 0 amide bonds. The van der Waals surface area contributed by atoms with Crippen LogP contribution in [0.1, 0.15) is 12.0 Å². The van der Waals surface area contributed by atoms with Crippen LogP contribution in [0.3, 0.4) is 0 Å². The number of methoxy groups -OCH3 is 3. The molecule has 1 aliphatic rings. The predicted molar refractivity (Wildman–Crippen MR) is 121 cm³/mol. The molecule has 10 heteroatoms. The molecule has 0 spiro atoms. The minimum absolute atomic E-state index is 0.0170. The SMILES string of the molecule is COc1cc(CN(CC(O)COc2ccc(F)cc2)C2CCS(=O)(=O)C2)cc(OC)c1OC. The zero-order valence-corrected chi connectivity index (χ0v) is 19.8. The van der Waals surface area contributed by atoms with Gasteiger partial charge in [-0.3, -0.25) is 4.90 Å². The number of ether oxygens (including phenoxy) is 4. The van der Waals surface area contributed by atoms with Gasteiger partial charge in [0.05, 0.1) is 32.8 Å². The Morgan fingerprint density at radius 2 is 1.73 bits per heavy atom. The van der Waals surface area contributed by atoms with E-state index in [-0.39, 0.29) is 36.5 Å². The van der Waals surface area contributed by atoms with Gasteiger partial charge < -0.3 is 24.1 Å². The smallest absolute Gasteiger partial charge is 0.203 e. The maximum Gasteiger partial charge on any atom is 0.203 e. The maximum absolute atomic E-state index is 13.1. The van der Waals surface area contributed by atoms with Gasteiger partial charge in [0.2, 0.25) is 5.75 Å². The Labute approximate surface area is 193 Å². The molecular weight excluding hydrogens is 453 g/mol. The van der Waals surface area contributed by atoms with E-state index < -0.39 is 15.9 Å². The average Bonchev–Trinajstić information content (AvgIpc) is 3.17. The lowest BCUT2D eigenvalue weighted by Gasteiger charge is -2.30. The van der Waals surface area contributed by atoms with Gasteiger partial charge in [-0.25, -0.2) is 12.8 Å². The van der Waals surface area contributed by atoms with Crippen LogP contribution in [-0.4, -0.2) is 76.6 Å². The van der Waals surface area contributed by atoms with Gasteiger partial charge in [-0.2, -0.15) is 0 Å². The number of nitrogens with zero attached hydrogens (tertiary/aromatic N) is 1. The highest BCUT2D eigenvalue weighted by molar-refractivity contribution is 7.91. The van der Waals surface area contributed by atoms with Crippen LogP contribution in [-0.2, 0) is 16.4 Å². The van der Waals surface area contributed by atoms with Crippen LogP contribution in [0, 0.1) is 5.82 Å². The molecule has 0 bridgehead atoms. The largest absolute Gasteiger partial charge is 0.493 e. The molecule has 1 heterocycles. The Morgan fingerprint density at radius 3 is 2.24 bits per heavy atom. The van der Waals surface area contributed by atoms with Gasteiger partial charge in [-0.15, -0.1) is 0 Å². The van der Waals surface area contributed by atoms with Crippen molar-refractivity contribution in [1.29, 1.82) is 0 Å². The topological polar surface area (TPSA) is 94.5 Å². The molecule has 0 aliphatic carbocycles. The molecule has 2 unspecified atom stereocenters. The van der Waals surface area contributed by atoms with Gasteiger partial charge in [0.25, 0.3) is 0 Å². The van der Waals surface area contributed by atoms with Crippen molar-refractivity contribution in [1.82, 2.24) is 4.90 Å². The van der Waals surface area contributed by atoms with Crippen LogP contribution in [0.25, 0.3) is 0 Å². The second-order valence-corrected chi connectivity index (χ2v) is 10.2. The van der Waals surface area contributed by atoms with Gasteiger partial charge in [-0.1, -0.05) is 0 Å². The van der Waals surface area contributed by atoms with E-state index in [0.29, 0.717) is 36.0 Å². The normalized spacial score (nSPS) is 18.2. The molecule has 1 fully saturated rings. The molecule has 0 aromatic heterocycles. The van der Waals surface area contributed by atoms with Gasteiger partial charge in [0.1, 0.15) is 24.3 Å². The number of sulfone groups is 1. The van der Waals surface area contributed by atoms with Gasteiger partial charge in [0, 0.05) is 19.1 Å². The summed E-state index contributed by atoms with van der Waals surface area (Å²) in [5, 5.41) is 10.6. The molecule has 8 nitrogen and oxygen atoms in total. The molecule has 2 atom stereocenters. The summed E-state index contributed by atoms with van der Waals surface area (Å²) in [4.78, 5) is 1.93. The van der Waals surface area contributed by atoms with Crippen molar-refractivity contribution < 1.29 is 36.9 Å². The zero-order chi connectivity index (χ0) is 24.0. The van der Waals surface area contributed by atoms with Crippen molar-refractivity contribution in [2.45, 2.75) is 25.1 Å². The summed E-state index contributed by atoms with van der Waals surface area (Å²) < 4.78 is 59.1. The first kappa shape index (κ1) is 25.1. The Bertz CT molecular complexity index is 1000. The average molecular weight is 484 g/mol. The molecule has 1 N–H and O–H groups in total. The highest BCUT2D eigenvalue weighted by Crippen LogP contribution is 2.38. The quantitative estimate of drug-likeness (QED) is 0.520. The second-order valence-electron chi connectivity index (χ2n) is 7.94. The summed E-state index contributed by atoms with van der Waals surface area (Å²) in [5.74, 6) is 1.66. The monoisotopic (exact) mass is 483 g/mol. The van der Waals surface area contributed by atoms with E-state index in [1.54, 1.807) is 12.1 Å². The summed E-state index contributed by atoms with van der Waals surface area (Å²) in [6.45, 7) is 0.541. The Balaban J connectivity index is 1.76. The zero-order valence-electron chi connectivity index (χ0n) is 19.0. The van der Waals surface area contributed by atoms with E-state index in [2.05, 4.69) is 0 Å². The Hall–Kier alpha value is -2.56. The van der Waals surface area contributed by atoms with E-state index >= 15 is 0 Å². The third-order valence-electron chi connectivity index (χ3n) is 5.54. The number of halogens is 1. The van der Waals surface area contributed by atoms with E-state index in [0.717, 1.165) is 5.56 Å². The number of aliphatic hydroxyl groups excluding tert-OH is 1. The summed E-state index contributed by atoms with van der Waals surface area (Å²) >= 11 is 0. The summed E-state index contributed by atoms with van der Waals surface area (Å²) in [6, 6.07) is 8.90. The lowest BCUT2D eigenvalue weighted by molar-refractivity contribution is 0.0524. The first-order valence-corrected chi connectivity index (χ1v) is 12.4. The minimum atomic E-state index is -3.12. The Morgan fingerprint density at radius 1 is 1.09 bits per heavy atom. The van der Waals surface area contributed by atoms with E-state index in [1.165, 1.54) is 45.6 Å². The van der Waals surface area contributed by atoms with Crippen molar-refractivity contribution in [3.63, 3.8) is 0 Å². The van der Waals surface area contributed by atoms with Crippen LogP contribution in [0.15, 0.2) is 36.4 Å². The molecule has 0 saturated carbocycles. The predicted octanol–water partition coefficient (Wildman–Crippen LogP) is 2.28.